The number of amides is 1. The van der Waals surface area contributed by atoms with E-state index in [1.165, 1.54) is 64.3 Å². The number of halogens is 4. The molecule has 1 unspecified atom stereocenters. The number of nitrogens with one attached hydrogen (secondary N) is 1. The molecule has 2 aromatic rings. The zero-order chi connectivity index (χ0) is 26.5. The Labute approximate surface area is 203 Å². The lowest BCUT2D eigenvalue weighted by Gasteiger charge is -2.18. The van der Waals surface area contributed by atoms with E-state index in [4.69, 9.17) is 9.59 Å². The number of anilines is 1. The Morgan fingerprint density at radius 1 is 0.886 bits per heavy atom. The fourth-order valence-electron chi connectivity index (χ4n) is 3.94. The van der Waals surface area contributed by atoms with Gasteiger partial charge >= 0.3 is 0 Å². The molecule has 9 heteroatoms. The van der Waals surface area contributed by atoms with Gasteiger partial charge in [-0.1, -0.05) is 6.42 Å². The first-order valence-electron chi connectivity index (χ1n) is 11.2. The van der Waals surface area contributed by atoms with Gasteiger partial charge < -0.3 is 19.8 Å². The highest BCUT2D eigenvalue weighted by Crippen LogP contribution is 2.40. The first-order valence-corrected chi connectivity index (χ1v) is 11.2. The van der Waals surface area contributed by atoms with Gasteiger partial charge in [-0.2, -0.15) is 0 Å². The lowest BCUT2D eigenvalue weighted by atomic mass is 9.98. The minimum Gasteiger partial charge on any atom is -0.322 e. The van der Waals surface area contributed by atoms with E-state index in [2.05, 4.69) is 17.3 Å². The third-order valence-electron chi connectivity index (χ3n) is 5.86. The number of hydrogen-bond donors (Lipinski definition) is 1. The summed E-state index contributed by atoms with van der Waals surface area (Å²) in [5.74, 6) is -3.40. The summed E-state index contributed by atoms with van der Waals surface area (Å²) in [6.45, 7) is 8.19. The fraction of sp³-hybridized carbons (Fsp3) is 0.423. The summed E-state index contributed by atoms with van der Waals surface area (Å²) in [4.78, 5) is 30.3. The Morgan fingerprint density at radius 2 is 1.49 bits per heavy atom. The first-order chi connectivity index (χ1) is 16.7. The molecule has 1 aliphatic carbocycles. The molecule has 1 N–H and O–H groups in total. The van der Waals surface area contributed by atoms with Gasteiger partial charge in [-0.25, -0.2) is 17.6 Å². The summed E-state index contributed by atoms with van der Waals surface area (Å²) in [6, 6.07) is 4.95. The van der Waals surface area contributed by atoms with Crippen LogP contribution in [0.4, 0.5) is 23.2 Å². The monoisotopic (exact) mass is 496 g/mol. The minimum atomic E-state index is -1.61. The van der Waals surface area contributed by atoms with E-state index >= 15 is 0 Å². The number of nitrogens with zero attached hydrogens (tertiary/aromatic N) is 1. The maximum atomic E-state index is 13.1. The third-order valence-corrected chi connectivity index (χ3v) is 5.86. The molecule has 192 valence electrons. The van der Waals surface area contributed by atoms with Gasteiger partial charge in [0.25, 0.3) is 5.91 Å². The summed E-state index contributed by atoms with van der Waals surface area (Å²) in [5, 5.41) is 2.21. The molecule has 1 atom stereocenters. The van der Waals surface area contributed by atoms with Gasteiger partial charge in [0.15, 0.2) is 17.5 Å². The first kappa shape index (κ1) is 30.0. The largest absolute Gasteiger partial charge is 0.322 e. The molecule has 1 amide bonds. The predicted molar refractivity (Wildman–Crippen MR) is 127 cm³/mol. The van der Waals surface area contributed by atoms with Crippen LogP contribution in [0.15, 0.2) is 30.3 Å². The molecule has 35 heavy (non-hydrogen) atoms. The van der Waals surface area contributed by atoms with Crippen molar-refractivity contribution in [1.29, 1.82) is 0 Å². The summed E-state index contributed by atoms with van der Waals surface area (Å²) in [7, 11) is 2.28. The maximum absolute atomic E-state index is 13.1. The van der Waals surface area contributed by atoms with Crippen molar-refractivity contribution in [2.75, 3.05) is 25.5 Å². The van der Waals surface area contributed by atoms with Crippen LogP contribution in [0.1, 0.15) is 48.0 Å². The van der Waals surface area contributed by atoms with Gasteiger partial charge in [-0.3, -0.25) is 4.79 Å². The van der Waals surface area contributed by atoms with E-state index in [1.54, 1.807) is 0 Å². The summed E-state index contributed by atoms with van der Waals surface area (Å²) < 4.78 is 51.8. The van der Waals surface area contributed by atoms with Crippen LogP contribution in [-0.4, -0.2) is 44.5 Å². The Morgan fingerprint density at radius 3 is 2.03 bits per heavy atom. The molecule has 1 saturated heterocycles. The fourth-order valence-corrected chi connectivity index (χ4v) is 3.94. The number of likely N-dealkylation sites (tertiary alicyclic amines) is 1. The van der Waals surface area contributed by atoms with Crippen molar-refractivity contribution in [3.8, 4) is 0 Å². The molecule has 0 spiro atoms. The second-order valence-corrected chi connectivity index (χ2v) is 8.53. The topological polar surface area (TPSA) is 66.5 Å². The van der Waals surface area contributed by atoms with Crippen molar-refractivity contribution < 1.29 is 31.9 Å². The molecule has 1 saturated carbocycles. The van der Waals surface area contributed by atoms with E-state index in [1.807, 2.05) is 13.6 Å². The SMILES string of the molecule is C=O.C=O.CN1CCCCC(C2CC2)C1.Cc1cc(C(=O)Nc2cc(F)c(F)c(F)c2)ccc1F. The van der Waals surface area contributed by atoms with Crippen molar-refractivity contribution in [3.05, 3.63) is 64.7 Å². The van der Waals surface area contributed by atoms with E-state index in [0.29, 0.717) is 12.1 Å². The average Bonchev–Trinajstić information content (AvgIpc) is 3.70. The van der Waals surface area contributed by atoms with Crippen LogP contribution in [0.25, 0.3) is 0 Å². The van der Waals surface area contributed by atoms with Crippen LogP contribution in [0.2, 0.25) is 0 Å². The van der Waals surface area contributed by atoms with Crippen molar-refractivity contribution in [2.45, 2.75) is 39.0 Å². The molecule has 1 aliphatic heterocycles. The minimum absolute atomic E-state index is 0.119. The van der Waals surface area contributed by atoms with E-state index < -0.39 is 29.2 Å². The second kappa shape index (κ2) is 15.0. The number of hydrogen-bond acceptors (Lipinski definition) is 4. The molecular weight excluding hydrogens is 464 g/mol. The number of benzene rings is 2. The van der Waals surface area contributed by atoms with E-state index in [0.717, 1.165) is 17.9 Å². The van der Waals surface area contributed by atoms with Crippen LogP contribution in [0.5, 0.6) is 0 Å². The van der Waals surface area contributed by atoms with Crippen LogP contribution in [-0.2, 0) is 9.59 Å². The third kappa shape index (κ3) is 9.60. The highest BCUT2D eigenvalue weighted by atomic mass is 19.2. The van der Waals surface area contributed by atoms with Gasteiger partial charge in [0.1, 0.15) is 19.4 Å². The highest BCUT2D eigenvalue weighted by Gasteiger charge is 2.32. The summed E-state index contributed by atoms with van der Waals surface area (Å²) >= 11 is 0. The van der Waals surface area contributed by atoms with Crippen molar-refractivity contribution in [2.24, 2.45) is 11.8 Å². The van der Waals surface area contributed by atoms with Crippen LogP contribution < -0.4 is 5.32 Å². The summed E-state index contributed by atoms with van der Waals surface area (Å²) in [6.07, 6.45) is 7.47. The van der Waals surface area contributed by atoms with Crippen LogP contribution in [0.3, 0.4) is 0 Å². The molecule has 0 aromatic heterocycles. The predicted octanol–water partition coefficient (Wildman–Crippen LogP) is 5.56. The molecular formula is C26H32F4N2O3. The highest BCUT2D eigenvalue weighted by molar-refractivity contribution is 6.04. The quantitative estimate of drug-likeness (QED) is 0.446. The molecule has 4 rings (SSSR count). The number of rotatable bonds is 3. The Balaban J connectivity index is 0.000000343. The zero-order valence-corrected chi connectivity index (χ0v) is 20.1. The van der Waals surface area contributed by atoms with Crippen molar-refractivity contribution in [1.82, 2.24) is 4.90 Å². The Bertz CT molecular complexity index is 945. The molecule has 2 fully saturated rings. The number of aryl methyl sites for hydroxylation is 1. The van der Waals surface area contributed by atoms with Crippen LogP contribution >= 0.6 is 0 Å². The second-order valence-electron chi connectivity index (χ2n) is 8.53. The molecule has 1 heterocycles. The van der Waals surface area contributed by atoms with Gasteiger partial charge in [0, 0.05) is 29.9 Å². The van der Waals surface area contributed by atoms with Crippen molar-refractivity contribution in [3.63, 3.8) is 0 Å². The van der Waals surface area contributed by atoms with Gasteiger partial charge in [0.2, 0.25) is 0 Å². The smallest absolute Gasteiger partial charge is 0.255 e. The van der Waals surface area contributed by atoms with Crippen molar-refractivity contribution >= 4 is 25.2 Å². The standard InChI is InChI=1S/C14H9F4NO.C10H19N.2CH2O/c1-7-4-8(2-3-10(7)15)14(20)19-9-5-11(16)13(18)12(17)6-9;1-11-7-3-2-4-10(8-11)9-5-6-9;2*1-2/h2-6H,1H3,(H,19,20);9-10H,2-8H2,1H3;2*1H2. The van der Waals surface area contributed by atoms with Gasteiger partial charge in [-0.15, -0.1) is 0 Å². The lowest BCUT2D eigenvalue weighted by Crippen LogP contribution is -2.24. The lowest BCUT2D eigenvalue weighted by molar-refractivity contribution is -0.0987. The maximum Gasteiger partial charge on any atom is 0.255 e. The molecule has 0 bridgehead atoms. The number of carbonyl (C=O) groups excluding carboxylic acids is 3. The van der Waals surface area contributed by atoms with Crippen LogP contribution in [0, 0.1) is 42.0 Å². The van der Waals surface area contributed by atoms with E-state index in [-0.39, 0.29) is 16.8 Å². The Kier molecular flexibility index (Phi) is 12.9. The molecule has 0 radical (unpaired) electrons. The van der Waals surface area contributed by atoms with Gasteiger partial charge in [-0.05, 0) is 81.8 Å². The number of carbonyl (C=O) groups is 3. The normalized spacial score (nSPS) is 17.3. The van der Waals surface area contributed by atoms with E-state index in [9.17, 15) is 22.4 Å². The molecule has 5 nitrogen and oxygen atoms in total. The summed E-state index contributed by atoms with van der Waals surface area (Å²) in [5.41, 5.74) is 0.150. The Hall–Kier alpha value is -3.07. The molecule has 2 aromatic carbocycles. The average molecular weight is 497 g/mol. The zero-order valence-electron chi connectivity index (χ0n) is 20.1. The molecule has 2 aliphatic rings. The van der Waals surface area contributed by atoms with Gasteiger partial charge in [0.05, 0.1) is 0 Å².